The Morgan fingerprint density at radius 1 is 1.12 bits per heavy atom. The van der Waals surface area contributed by atoms with Crippen LogP contribution < -0.4 is 5.73 Å². The van der Waals surface area contributed by atoms with Crippen molar-refractivity contribution in [3.8, 4) is 0 Å². The first-order chi connectivity index (χ1) is 11.8. The lowest BCUT2D eigenvalue weighted by Crippen LogP contribution is -2.12. The van der Waals surface area contributed by atoms with E-state index < -0.39 is 17.9 Å². The number of anilines is 1. The van der Waals surface area contributed by atoms with E-state index in [2.05, 4.69) is 9.47 Å². The fraction of sp³-hybridized carbons (Fsp3) is 0.312. The molecule has 0 amide bonds. The molecule has 2 heterocycles. The van der Waals surface area contributed by atoms with E-state index >= 15 is 0 Å². The van der Waals surface area contributed by atoms with Gasteiger partial charge in [-0.3, -0.25) is 0 Å². The molecule has 0 aromatic carbocycles. The number of thiophene rings is 1. The lowest BCUT2D eigenvalue weighted by atomic mass is 10.1. The minimum absolute atomic E-state index is 0.0132. The third kappa shape index (κ3) is 3.66. The molecule has 9 heteroatoms. The number of hydrogen-bond donors (Lipinski definition) is 1. The number of hydrogen-bond acceptors (Lipinski definition) is 9. The second-order valence-electron chi connectivity index (χ2n) is 5.04. The number of carbonyl (C=O) groups excluding carboxylic acids is 3. The molecule has 8 nitrogen and oxygen atoms in total. The smallest absolute Gasteiger partial charge is 0.348 e. The highest BCUT2D eigenvalue weighted by atomic mass is 32.1. The molecule has 134 valence electrons. The summed E-state index contributed by atoms with van der Waals surface area (Å²) in [5, 5.41) is 0.0774. The first kappa shape index (κ1) is 18.5. The first-order valence-electron chi connectivity index (χ1n) is 7.12. The molecule has 0 saturated carbocycles. The molecule has 0 bridgehead atoms. The monoisotopic (exact) mass is 367 g/mol. The van der Waals surface area contributed by atoms with Crippen LogP contribution in [0.4, 0.5) is 5.00 Å². The van der Waals surface area contributed by atoms with E-state index in [4.69, 9.17) is 14.9 Å². The van der Waals surface area contributed by atoms with Gasteiger partial charge in [0.05, 0.1) is 14.2 Å². The molecule has 2 aromatic heterocycles. The Kier molecular flexibility index (Phi) is 5.48. The molecule has 0 saturated heterocycles. The second kappa shape index (κ2) is 7.39. The van der Waals surface area contributed by atoms with E-state index in [0.717, 1.165) is 11.3 Å². The summed E-state index contributed by atoms with van der Waals surface area (Å²) < 4.78 is 19.9. The van der Waals surface area contributed by atoms with Crippen molar-refractivity contribution in [2.24, 2.45) is 0 Å². The van der Waals surface area contributed by atoms with E-state index in [1.807, 2.05) is 0 Å². The van der Waals surface area contributed by atoms with Gasteiger partial charge in [0, 0.05) is 5.56 Å². The predicted octanol–water partition coefficient (Wildman–Crippen LogP) is 2.47. The fourth-order valence-electron chi connectivity index (χ4n) is 2.25. The van der Waals surface area contributed by atoms with Crippen molar-refractivity contribution in [3.63, 3.8) is 0 Å². The summed E-state index contributed by atoms with van der Waals surface area (Å²) in [6, 6.07) is 1.54. The van der Waals surface area contributed by atoms with Crippen molar-refractivity contribution in [1.29, 1.82) is 0 Å². The maximum Gasteiger partial charge on any atom is 0.348 e. The van der Waals surface area contributed by atoms with Gasteiger partial charge in [-0.2, -0.15) is 0 Å². The molecule has 0 aliphatic carbocycles. The van der Waals surface area contributed by atoms with Crippen LogP contribution in [0.3, 0.4) is 0 Å². The van der Waals surface area contributed by atoms with Gasteiger partial charge in [0.2, 0.25) is 0 Å². The molecule has 2 aromatic rings. The molecule has 0 radical (unpaired) electrons. The lowest BCUT2D eigenvalue weighted by molar-refractivity contribution is 0.0451. The molecule has 2 rings (SSSR count). The van der Waals surface area contributed by atoms with Crippen LogP contribution in [0.1, 0.15) is 47.5 Å². The Bertz CT molecular complexity index is 834. The Morgan fingerprint density at radius 3 is 2.28 bits per heavy atom. The standard InChI is InChI=1S/C16H17NO7S/c1-7-5-9(8(2)24-7)14(18)23-6-10-11(15(19)21-3)13(17)25-12(10)16(20)22-4/h5H,6,17H2,1-4H3. The van der Waals surface area contributed by atoms with Gasteiger partial charge in [-0.25, -0.2) is 14.4 Å². The number of aryl methyl sites for hydroxylation is 2. The van der Waals surface area contributed by atoms with Crippen molar-refractivity contribution < 1.29 is 33.0 Å². The van der Waals surface area contributed by atoms with Gasteiger partial charge in [-0.15, -0.1) is 11.3 Å². The van der Waals surface area contributed by atoms with Crippen molar-refractivity contribution in [3.05, 3.63) is 39.2 Å². The normalized spacial score (nSPS) is 10.4. The van der Waals surface area contributed by atoms with Crippen LogP contribution in [0.15, 0.2) is 10.5 Å². The van der Waals surface area contributed by atoms with Gasteiger partial charge >= 0.3 is 17.9 Å². The van der Waals surface area contributed by atoms with E-state index in [1.165, 1.54) is 14.2 Å². The summed E-state index contributed by atoms with van der Waals surface area (Å²) in [4.78, 5) is 36.2. The Labute approximate surface area is 147 Å². The second-order valence-corrected chi connectivity index (χ2v) is 6.09. The maximum absolute atomic E-state index is 12.2. The van der Waals surface area contributed by atoms with Gasteiger partial charge in [0.25, 0.3) is 0 Å². The van der Waals surface area contributed by atoms with E-state index in [0.29, 0.717) is 11.5 Å². The van der Waals surface area contributed by atoms with Crippen molar-refractivity contribution >= 4 is 34.2 Å². The number of esters is 3. The average Bonchev–Trinajstić information content (AvgIpc) is 3.09. The molecule has 2 N–H and O–H groups in total. The number of methoxy groups -OCH3 is 2. The van der Waals surface area contributed by atoms with E-state index in [1.54, 1.807) is 19.9 Å². The minimum atomic E-state index is -0.731. The Morgan fingerprint density at radius 2 is 1.76 bits per heavy atom. The van der Waals surface area contributed by atoms with E-state index in [9.17, 15) is 14.4 Å². The molecule has 0 aliphatic rings. The van der Waals surface area contributed by atoms with Gasteiger partial charge in [-0.05, 0) is 19.9 Å². The summed E-state index contributed by atoms with van der Waals surface area (Å²) >= 11 is 0.865. The summed E-state index contributed by atoms with van der Waals surface area (Å²) in [7, 11) is 2.38. The number of ether oxygens (including phenoxy) is 3. The van der Waals surface area contributed by atoms with Crippen LogP contribution in [0.25, 0.3) is 0 Å². The van der Waals surface area contributed by atoms with Crippen molar-refractivity contribution in [2.45, 2.75) is 20.5 Å². The van der Waals surface area contributed by atoms with E-state index in [-0.39, 0.29) is 33.2 Å². The Balaban J connectivity index is 2.34. The zero-order valence-electron chi connectivity index (χ0n) is 14.1. The van der Waals surface area contributed by atoms with Gasteiger partial charge in [-0.1, -0.05) is 0 Å². The number of furan rings is 1. The van der Waals surface area contributed by atoms with Crippen molar-refractivity contribution in [1.82, 2.24) is 0 Å². The SMILES string of the molecule is COC(=O)c1sc(N)c(C(=O)OC)c1COC(=O)c1cc(C)oc1C. The third-order valence-electron chi connectivity index (χ3n) is 3.40. The largest absolute Gasteiger partial charge is 0.466 e. The quantitative estimate of drug-likeness (QED) is 0.632. The summed E-state index contributed by atoms with van der Waals surface area (Å²) in [6.45, 7) is 2.99. The van der Waals surface area contributed by atoms with Crippen LogP contribution >= 0.6 is 11.3 Å². The molecule has 0 spiro atoms. The average molecular weight is 367 g/mol. The summed E-state index contributed by atoms with van der Waals surface area (Å²) in [6.07, 6.45) is 0. The van der Waals surface area contributed by atoms with Crippen LogP contribution in [-0.2, 0) is 20.8 Å². The third-order valence-corrected chi connectivity index (χ3v) is 4.44. The zero-order valence-corrected chi connectivity index (χ0v) is 14.9. The number of rotatable bonds is 5. The fourth-order valence-corrected chi connectivity index (χ4v) is 3.23. The summed E-state index contributed by atoms with van der Waals surface area (Å²) in [5.41, 5.74) is 6.21. The zero-order chi connectivity index (χ0) is 18.7. The first-order valence-corrected chi connectivity index (χ1v) is 7.93. The van der Waals surface area contributed by atoms with Crippen LogP contribution in [0.5, 0.6) is 0 Å². The van der Waals surface area contributed by atoms with Crippen LogP contribution in [0.2, 0.25) is 0 Å². The van der Waals surface area contributed by atoms with Gasteiger partial charge in [0.1, 0.15) is 39.1 Å². The molecule has 25 heavy (non-hydrogen) atoms. The van der Waals surface area contributed by atoms with Gasteiger partial charge in [0.15, 0.2) is 0 Å². The molecular formula is C16H17NO7S. The van der Waals surface area contributed by atoms with Crippen LogP contribution in [0, 0.1) is 13.8 Å². The molecule has 0 fully saturated rings. The van der Waals surface area contributed by atoms with Crippen LogP contribution in [-0.4, -0.2) is 32.1 Å². The molecule has 0 atom stereocenters. The number of carbonyl (C=O) groups is 3. The highest BCUT2D eigenvalue weighted by Crippen LogP contribution is 2.33. The maximum atomic E-state index is 12.2. The minimum Gasteiger partial charge on any atom is -0.466 e. The van der Waals surface area contributed by atoms with Crippen molar-refractivity contribution in [2.75, 3.05) is 20.0 Å². The van der Waals surface area contributed by atoms with Gasteiger partial charge < -0.3 is 24.4 Å². The molecule has 0 aliphatic heterocycles. The topological polar surface area (TPSA) is 118 Å². The Hall–Kier alpha value is -2.81. The molecular weight excluding hydrogens is 350 g/mol. The number of nitrogen functional groups attached to an aromatic ring is 1. The lowest BCUT2D eigenvalue weighted by Gasteiger charge is -2.07. The highest BCUT2D eigenvalue weighted by molar-refractivity contribution is 7.18. The predicted molar refractivity (Wildman–Crippen MR) is 88.7 cm³/mol. The molecule has 0 unspecified atom stereocenters. The number of nitrogens with two attached hydrogens (primary N) is 1. The highest BCUT2D eigenvalue weighted by Gasteiger charge is 2.28. The summed E-state index contributed by atoms with van der Waals surface area (Å²) in [5.74, 6) is -1.09.